The van der Waals surface area contributed by atoms with Crippen molar-refractivity contribution in [2.45, 2.75) is 0 Å². The van der Waals surface area contributed by atoms with Crippen molar-refractivity contribution < 1.29 is 31.7 Å². The molecule has 0 aliphatic heterocycles. The summed E-state index contributed by atoms with van der Waals surface area (Å²) < 4.78 is 53.2. The van der Waals surface area contributed by atoms with E-state index in [4.69, 9.17) is 13.9 Å². The van der Waals surface area contributed by atoms with Crippen LogP contribution in [0.1, 0.15) is 4.11 Å². The van der Waals surface area contributed by atoms with E-state index in [1.807, 2.05) is 5.32 Å². The Morgan fingerprint density at radius 2 is 2.13 bits per heavy atom. The normalized spacial score (nSPS) is 16.3. The van der Waals surface area contributed by atoms with Crippen LogP contribution in [-0.4, -0.2) is 54.5 Å². The van der Waals surface area contributed by atoms with Gasteiger partial charge in [0, 0.05) is 11.1 Å². The van der Waals surface area contributed by atoms with Crippen molar-refractivity contribution >= 4 is 23.5 Å². The van der Waals surface area contributed by atoms with Gasteiger partial charge in [0.15, 0.2) is 0 Å². The Balaban J connectivity index is 4.78. The van der Waals surface area contributed by atoms with Gasteiger partial charge in [0.2, 0.25) is 15.9 Å². The topological polar surface area (TPSA) is 124 Å². The Labute approximate surface area is 91.7 Å². The van der Waals surface area contributed by atoms with Crippen LogP contribution in [0.5, 0.6) is 0 Å². The number of likely N-dealkylation sites (N-methyl/N-ethyl adjacent to an activating group) is 1. The van der Waals surface area contributed by atoms with Crippen LogP contribution in [0.25, 0.3) is 0 Å². The number of nitrogens with zero attached hydrogens (tertiary/aromatic N) is 1. The number of hydrogen-bond acceptors (Lipinski definition) is 5. The van der Waals surface area contributed by atoms with Crippen LogP contribution in [-0.2, 0) is 19.4 Å². The lowest BCUT2D eigenvalue weighted by molar-refractivity contribution is -0.124. The summed E-state index contributed by atoms with van der Waals surface area (Å²) in [5.41, 5.74) is 0. The molecule has 0 aliphatic rings. The second kappa shape index (κ2) is 5.04. The van der Waals surface area contributed by atoms with E-state index in [2.05, 4.69) is 0 Å². The third-order valence-corrected chi connectivity index (χ3v) is 2.65. The van der Waals surface area contributed by atoms with Crippen molar-refractivity contribution in [1.29, 1.82) is 0 Å². The summed E-state index contributed by atoms with van der Waals surface area (Å²) in [5.74, 6) is -1.33. The molecule has 1 amide bonds. The first-order chi connectivity index (χ1) is 7.75. The van der Waals surface area contributed by atoms with Crippen molar-refractivity contribution in [3.8, 4) is 0 Å². The van der Waals surface area contributed by atoms with E-state index in [0.717, 1.165) is 0 Å². The molecule has 0 aromatic heterocycles. The highest BCUT2D eigenvalue weighted by molar-refractivity contribution is 7.88. The Hall–Kier alpha value is -0.470. The first-order valence-electron chi connectivity index (χ1n) is 5.03. The van der Waals surface area contributed by atoms with E-state index in [1.54, 1.807) is 0 Å². The zero-order valence-corrected chi connectivity index (χ0v) is 9.46. The minimum absolute atomic E-state index is 0.313. The molecule has 0 atom stereocenters. The van der Waals surface area contributed by atoms with Crippen LogP contribution in [0.4, 0.5) is 0 Å². The summed E-state index contributed by atoms with van der Waals surface area (Å²) >= 11 is 0. The molecule has 0 fully saturated rings. The van der Waals surface area contributed by atoms with Gasteiger partial charge in [-0.05, 0) is 0 Å². The van der Waals surface area contributed by atoms with E-state index >= 15 is 0 Å². The largest absolute Gasteiger partial charge is 0.339 e. The molecule has 3 N–H and O–H groups in total. The maximum absolute atomic E-state index is 11.4. The molecular weight excluding hydrogens is 247 g/mol. The van der Waals surface area contributed by atoms with E-state index in [-0.39, 0.29) is 4.31 Å². The predicted molar refractivity (Wildman–Crippen MR) is 52.5 cm³/mol. The second-order valence-electron chi connectivity index (χ2n) is 2.67. The number of carbonyl (C=O) groups excluding carboxylic acids is 1. The van der Waals surface area contributed by atoms with E-state index in [1.165, 1.54) is 0 Å². The maximum atomic E-state index is 11.4. The van der Waals surface area contributed by atoms with E-state index in [9.17, 15) is 17.8 Å². The van der Waals surface area contributed by atoms with Crippen LogP contribution >= 0.6 is 7.60 Å². The van der Waals surface area contributed by atoms with Gasteiger partial charge in [-0.15, -0.1) is 0 Å². The first kappa shape index (κ1) is 9.73. The highest BCUT2D eigenvalue weighted by atomic mass is 32.2. The number of hydrogen-bond donors (Lipinski definition) is 3. The summed E-state index contributed by atoms with van der Waals surface area (Å²) in [6.07, 6.45) is -0.322. The van der Waals surface area contributed by atoms with Gasteiger partial charge in [-0.3, -0.25) is 14.7 Å². The molecule has 0 unspecified atom stereocenters. The molecule has 0 saturated heterocycles. The van der Waals surface area contributed by atoms with Gasteiger partial charge in [0.25, 0.3) is 0 Å². The van der Waals surface area contributed by atoms with Crippen LogP contribution in [0, 0.1) is 0 Å². The number of rotatable bonds is 5. The van der Waals surface area contributed by atoms with Crippen molar-refractivity contribution in [3.05, 3.63) is 0 Å². The van der Waals surface area contributed by atoms with Gasteiger partial charge in [0.1, 0.15) is 0 Å². The van der Waals surface area contributed by atoms with Gasteiger partial charge < -0.3 is 9.79 Å². The summed E-state index contributed by atoms with van der Waals surface area (Å²) in [4.78, 5) is 28.4. The molecule has 15 heavy (non-hydrogen) atoms. The second-order valence-corrected chi connectivity index (χ2v) is 6.15. The van der Waals surface area contributed by atoms with Crippen molar-refractivity contribution in [2.24, 2.45) is 0 Å². The number of carbonyl (C=O) groups is 1. The fraction of sp³-hybridized carbons (Fsp3) is 0.800. The first-order valence-corrected chi connectivity index (χ1v) is 7.18. The molecule has 0 rings (SSSR count). The van der Waals surface area contributed by atoms with Crippen molar-refractivity contribution in [2.75, 3.05) is 26.1 Å². The number of nitrogens with one attached hydrogen (secondary N) is 1. The molecule has 8 nitrogen and oxygen atoms in total. The molecule has 0 aliphatic carbocycles. The number of amides is 1. The molecule has 0 saturated carbocycles. The molecule has 0 bridgehead atoms. The summed E-state index contributed by atoms with van der Waals surface area (Å²) in [7, 11) is -8.71. The zero-order valence-electron chi connectivity index (χ0n) is 10.7. The van der Waals surface area contributed by atoms with Crippen molar-refractivity contribution in [3.63, 3.8) is 0 Å². The standard InChI is InChI=1S/C5H13N2O6PS/c1-7(15(2,12)13)5(8)3-6-4-14(9,10)11/h6H,3-4H2,1-2H3,(H2,9,10,11)/i1D3. The maximum Gasteiger partial charge on any atom is 0.339 e. The predicted octanol–water partition coefficient (Wildman–Crippen LogP) is -1.87. The Kier molecular flexibility index (Phi) is 3.27. The van der Waals surface area contributed by atoms with Crippen LogP contribution in [0.2, 0.25) is 0 Å². The molecule has 0 aromatic rings. The summed E-state index contributed by atoms with van der Waals surface area (Å²) in [5, 5.41) is 1.98. The lowest BCUT2D eigenvalue weighted by atomic mass is 10.6. The molecule has 90 valence electrons. The molecular formula is C5H13N2O6PS. The van der Waals surface area contributed by atoms with Gasteiger partial charge in [-0.25, -0.2) is 12.7 Å². The fourth-order valence-corrected chi connectivity index (χ4v) is 1.40. The lowest BCUT2D eigenvalue weighted by Crippen LogP contribution is -2.39. The minimum atomic E-state index is -4.41. The zero-order chi connectivity index (χ0) is 14.8. The van der Waals surface area contributed by atoms with E-state index in [0.29, 0.717) is 6.26 Å². The molecule has 0 heterocycles. The van der Waals surface area contributed by atoms with Crippen LogP contribution < -0.4 is 5.32 Å². The quantitative estimate of drug-likeness (QED) is 0.496. The molecule has 0 aromatic carbocycles. The minimum Gasteiger partial charge on any atom is -0.324 e. The fourth-order valence-electron chi connectivity index (χ4n) is 0.565. The summed E-state index contributed by atoms with van der Waals surface area (Å²) in [6.45, 7) is -4.01. The van der Waals surface area contributed by atoms with Crippen LogP contribution in [0.15, 0.2) is 0 Å². The molecule has 0 radical (unpaired) electrons. The Morgan fingerprint density at radius 1 is 1.60 bits per heavy atom. The monoisotopic (exact) mass is 263 g/mol. The van der Waals surface area contributed by atoms with Gasteiger partial charge in [0.05, 0.1) is 19.1 Å². The van der Waals surface area contributed by atoms with Gasteiger partial charge in [-0.2, -0.15) is 0 Å². The summed E-state index contributed by atoms with van der Waals surface area (Å²) in [6, 6.07) is 0. The van der Waals surface area contributed by atoms with Crippen LogP contribution in [0.3, 0.4) is 0 Å². The smallest absolute Gasteiger partial charge is 0.324 e. The molecule has 10 heteroatoms. The van der Waals surface area contributed by atoms with Gasteiger partial charge in [-0.1, -0.05) is 0 Å². The Morgan fingerprint density at radius 3 is 2.47 bits per heavy atom. The third-order valence-electron chi connectivity index (χ3n) is 1.15. The highest BCUT2D eigenvalue weighted by Gasteiger charge is 2.19. The van der Waals surface area contributed by atoms with Crippen molar-refractivity contribution in [1.82, 2.24) is 9.62 Å². The lowest BCUT2D eigenvalue weighted by Gasteiger charge is -2.14. The molecule has 0 spiro atoms. The Bertz CT molecular complexity index is 456. The van der Waals surface area contributed by atoms with E-state index < -0.39 is 43.3 Å². The van der Waals surface area contributed by atoms with Gasteiger partial charge >= 0.3 is 7.60 Å². The SMILES string of the molecule is [2H]C([2H])([2H])N(C(=O)CNCP(=O)(O)O)S(C)(=O)=O. The average molecular weight is 263 g/mol. The average Bonchev–Trinajstić information content (AvgIpc) is 1.93. The highest BCUT2D eigenvalue weighted by Crippen LogP contribution is 2.31. The third kappa shape index (κ3) is 6.58. The number of sulfonamides is 1.